The van der Waals surface area contributed by atoms with Crippen molar-refractivity contribution in [3.05, 3.63) is 0 Å². The van der Waals surface area contributed by atoms with E-state index in [0.717, 1.165) is 59.2 Å². The van der Waals surface area contributed by atoms with Crippen LogP contribution in [-0.4, -0.2) is 0 Å². The Labute approximate surface area is 215 Å². The SMILES string of the molecule is CCC1CCCCC1C1CCC(C)C1.CCCCC1C(C)CC2CCCC2C1C1CCCCC1. The molecule has 198 valence electrons. The van der Waals surface area contributed by atoms with Gasteiger partial charge in [0.2, 0.25) is 0 Å². The Morgan fingerprint density at radius 3 is 1.97 bits per heavy atom. The third kappa shape index (κ3) is 6.65. The summed E-state index contributed by atoms with van der Waals surface area (Å²) in [5.74, 6) is 10.9. The average Bonchev–Trinajstić information content (AvgIpc) is 3.52. The molecule has 34 heavy (non-hydrogen) atoms. The van der Waals surface area contributed by atoms with E-state index in [-0.39, 0.29) is 0 Å². The van der Waals surface area contributed by atoms with Crippen molar-refractivity contribution >= 4 is 0 Å². The summed E-state index contributed by atoms with van der Waals surface area (Å²) in [5, 5.41) is 0. The Hall–Kier alpha value is 0. The van der Waals surface area contributed by atoms with Crippen LogP contribution < -0.4 is 0 Å². The molecule has 0 N–H and O–H groups in total. The molecule has 5 saturated carbocycles. The molecule has 0 nitrogen and oxygen atoms in total. The van der Waals surface area contributed by atoms with Crippen molar-refractivity contribution in [3.63, 3.8) is 0 Å². The molecule has 9 atom stereocenters. The van der Waals surface area contributed by atoms with Gasteiger partial charge in [0.05, 0.1) is 0 Å². The van der Waals surface area contributed by atoms with Crippen molar-refractivity contribution in [2.75, 3.05) is 0 Å². The predicted molar refractivity (Wildman–Crippen MR) is 150 cm³/mol. The fraction of sp³-hybridized carbons (Fsp3) is 1.00. The maximum atomic E-state index is 2.60. The van der Waals surface area contributed by atoms with Crippen LogP contribution in [0.2, 0.25) is 0 Å². The highest BCUT2D eigenvalue weighted by Gasteiger charge is 2.47. The van der Waals surface area contributed by atoms with Gasteiger partial charge >= 0.3 is 0 Å². The fourth-order valence-corrected chi connectivity index (χ4v) is 10.4. The lowest BCUT2D eigenvalue weighted by Crippen LogP contribution is -2.41. The molecule has 0 amide bonds. The first-order valence-electron chi connectivity index (χ1n) is 16.6. The molecule has 5 aliphatic carbocycles. The molecule has 0 aromatic rings. The summed E-state index contributed by atoms with van der Waals surface area (Å²) in [6.45, 7) is 9.83. The van der Waals surface area contributed by atoms with Crippen molar-refractivity contribution in [2.45, 2.75) is 156 Å². The number of hydrogen-bond acceptors (Lipinski definition) is 0. The average molecular weight is 471 g/mol. The number of rotatable bonds is 6. The van der Waals surface area contributed by atoms with Gasteiger partial charge in [0.1, 0.15) is 0 Å². The molecule has 9 unspecified atom stereocenters. The topological polar surface area (TPSA) is 0 Å². The molecule has 0 heteroatoms. The number of unbranched alkanes of at least 4 members (excludes halogenated alkanes) is 1. The minimum Gasteiger partial charge on any atom is -0.0654 e. The summed E-state index contributed by atoms with van der Waals surface area (Å²) in [6, 6.07) is 0. The van der Waals surface area contributed by atoms with E-state index in [2.05, 4.69) is 27.7 Å². The first kappa shape index (κ1) is 27.0. The second-order valence-electron chi connectivity index (χ2n) is 14.1. The van der Waals surface area contributed by atoms with Gasteiger partial charge in [-0.2, -0.15) is 0 Å². The van der Waals surface area contributed by atoms with Gasteiger partial charge in [-0.15, -0.1) is 0 Å². The highest BCUT2D eigenvalue weighted by molar-refractivity contribution is 4.96. The second-order valence-corrected chi connectivity index (χ2v) is 14.1. The van der Waals surface area contributed by atoms with E-state index in [1.165, 1.54) is 64.2 Å². The van der Waals surface area contributed by atoms with E-state index >= 15 is 0 Å². The zero-order valence-electron chi connectivity index (χ0n) is 23.9. The van der Waals surface area contributed by atoms with E-state index in [4.69, 9.17) is 0 Å². The third-order valence-corrected chi connectivity index (χ3v) is 12.0. The van der Waals surface area contributed by atoms with E-state index < -0.39 is 0 Å². The van der Waals surface area contributed by atoms with Gasteiger partial charge in [0.15, 0.2) is 0 Å². The minimum atomic E-state index is 1.02. The summed E-state index contributed by atoms with van der Waals surface area (Å²) < 4.78 is 0. The Balaban J connectivity index is 0.000000172. The lowest BCUT2D eigenvalue weighted by Gasteiger charge is -2.49. The zero-order valence-corrected chi connectivity index (χ0v) is 23.9. The van der Waals surface area contributed by atoms with E-state index in [0.29, 0.717) is 0 Å². The summed E-state index contributed by atoms with van der Waals surface area (Å²) in [5.41, 5.74) is 0. The van der Waals surface area contributed by atoms with Gasteiger partial charge < -0.3 is 0 Å². The maximum Gasteiger partial charge on any atom is -0.0324 e. The van der Waals surface area contributed by atoms with Gasteiger partial charge in [-0.25, -0.2) is 0 Å². The summed E-state index contributed by atoms with van der Waals surface area (Å²) in [4.78, 5) is 0. The molecular weight excluding hydrogens is 408 g/mol. The van der Waals surface area contributed by atoms with Crippen LogP contribution in [-0.2, 0) is 0 Å². The minimum absolute atomic E-state index is 1.02. The fourth-order valence-electron chi connectivity index (χ4n) is 10.4. The van der Waals surface area contributed by atoms with Gasteiger partial charge in [-0.05, 0) is 97.7 Å². The van der Waals surface area contributed by atoms with Crippen LogP contribution in [0.1, 0.15) is 156 Å². The molecule has 0 bridgehead atoms. The second kappa shape index (κ2) is 13.5. The van der Waals surface area contributed by atoms with Crippen molar-refractivity contribution in [1.29, 1.82) is 0 Å². The Bertz CT molecular complexity index is 558. The van der Waals surface area contributed by atoms with Gasteiger partial charge in [-0.1, -0.05) is 118 Å². The smallest absolute Gasteiger partial charge is 0.0324 e. The van der Waals surface area contributed by atoms with Crippen LogP contribution in [0, 0.1) is 59.2 Å². The normalized spacial score (nSPS) is 43.2. The van der Waals surface area contributed by atoms with Crippen LogP contribution >= 0.6 is 0 Å². The molecule has 0 radical (unpaired) electrons. The Kier molecular flexibility index (Phi) is 10.8. The number of fused-ring (bicyclic) bond motifs is 1. The van der Waals surface area contributed by atoms with E-state index in [9.17, 15) is 0 Å². The largest absolute Gasteiger partial charge is 0.0654 e. The molecule has 0 spiro atoms. The molecule has 0 heterocycles. The lowest BCUT2D eigenvalue weighted by atomic mass is 9.56. The molecule has 0 saturated heterocycles. The first-order chi connectivity index (χ1) is 16.6. The Morgan fingerprint density at radius 2 is 1.26 bits per heavy atom. The maximum absolute atomic E-state index is 2.60. The van der Waals surface area contributed by atoms with Crippen LogP contribution in [0.15, 0.2) is 0 Å². The van der Waals surface area contributed by atoms with Crippen molar-refractivity contribution < 1.29 is 0 Å². The molecule has 5 fully saturated rings. The number of hydrogen-bond donors (Lipinski definition) is 0. The van der Waals surface area contributed by atoms with Crippen molar-refractivity contribution in [1.82, 2.24) is 0 Å². The van der Waals surface area contributed by atoms with Gasteiger partial charge in [0.25, 0.3) is 0 Å². The predicted octanol–water partition coefficient (Wildman–Crippen LogP) is 11.1. The van der Waals surface area contributed by atoms with Crippen LogP contribution in [0.25, 0.3) is 0 Å². The van der Waals surface area contributed by atoms with Crippen molar-refractivity contribution in [2.24, 2.45) is 59.2 Å². The Morgan fingerprint density at radius 1 is 0.588 bits per heavy atom. The summed E-state index contributed by atoms with van der Waals surface area (Å²) in [7, 11) is 0. The molecule has 0 aromatic carbocycles. The summed E-state index contributed by atoms with van der Waals surface area (Å²) >= 11 is 0. The zero-order chi connectivity index (χ0) is 23.9. The lowest BCUT2D eigenvalue weighted by molar-refractivity contribution is 0.00254. The highest BCUT2D eigenvalue weighted by atomic mass is 14.5. The molecule has 0 aromatic heterocycles. The molecule has 5 rings (SSSR count). The van der Waals surface area contributed by atoms with Gasteiger partial charge in [0, 0.05) is 0 Å². The third-order valence-electron chi connectivity index (χ3n) is 12.0. The van der Waals surface area contributed by atoms with Gasteiger partial charge in [-0.3, -0.25) is 0 Å². The van der Waals surface area contributed by atoms with Crippen molar-refractivity contribution in [3.8, 4) is 0 Å². The quantitative estimate of drug-likeness (QED) is 0.362. The summed E-state index contributed by atoms with van der Waals surface area (Å²) in [6.07, 6.45) is 30.6. The van der Waals surface area contributed by atoms with E-state index in [1.54, 1.807) is 64.2 Å². The van der Waals surface area contributed by atoms with Crippen LogP contribution in [0.4, 0.5) is 0 Å². The highest BCUT2D eigenvalue weighted by Crippen LogP contribution is 2.55. The molecule has 5 aliphatic rings. The van der Waals surface area contributed by atoms with E-state index in [1.807, 2.05) is 0 Å². The first-order valence-corrected chi connectivity index (χ1v) is 16.6. The molecular formula is C34H62. The monoisotopic (exact) mass is 470 g/mol. The standard InChI is InChI=1S/C20H36.C14H26/c1-3-4-12-18-15(2)14-17-11-8-13-19(17)20(18)16-9-6-5-7-10-16;1-3-12-6-4-5-7-14(12)13-9-8-11(2)10-13/h15-20H,3-14H2,1-2H3;11-14H,3-10H2,1-2H3. The van der Waals surface area contributed by atoms with Crippen LogP contribution in [0.3, 0.4) is 0 Å². The molecule has 0 aliphatic heterocycles. The van der Waals surface area contributed by atoms with Crippen LogP contribution in [0.5, 0.6) is 0 Å².